The van der Waals surface area contributed by atoms with Crippen molar-refractivity contribution in [3.63, 3.8) is 0 Å². The van der Waals surface area contributed by atoms with Crippen molar-refractivity contribution in [1.29, 1.82) is 0 Å². The second-order valence-electron chi connectivity index (χ2n) is 20.3. The van der Waals surface area contributed by atoms with Crippen LogP contribution in [0.5, 0.6) is 0 Å². The molecule has 0 aromatic carbocycles. The highest BCUT2D eigenvalue weighted by molar-refractivity contribution is 5.99. The zero-order valence-electron chi connectivity index (χ0n) is 45.0. The third-order valence-corrected chi connectivity index (χ3v) is 12.3. The maximum atomic E-state index is 14.1. The molecule has 77 heavy (non-hydrogen) atoms. The van der Waals surface area contributed by atoms with E-state index < -0.39 is 187 Å². The molecule has 1 rings (SSSR count). The van der Waals surface area contributed by atoms with Gasteiger partial charge in [-0.1, -0.05) is 61.8 Å². The summed E-state index contributed by atoms with van der Waals surface area (Å²) in [6, 6.07) is -15.0. The number of primary amides is 1. The number of carbonyl (C=O) groups is 14. The van der Waals surface area contributed by atoms with Crippen molar-refractivity contribution in [3.05, 3.63) is 0 Å². The summed E-state index contributed by atoms with van der Waals surface area (Å²) in [7, 11) is 0. The molecule has 0 aliphatic carbocycles. The van der Waals surface area contributed by atoms with Crippen molar-refractivity contribution >= 4 is 82.9 Å². The lowest BCUT2D eigenvalue weighted by Gasteiger charge is -2.31. The van der Waals surface area contributed by atoms with E-state index in [0.29, 0.717) is 6.42 Å². The molecule has 1 saturated heterocycles. The second-order valence-corrected chi connectivity index (χ2v) is 20.3. The first-order valence-corrected chi connectivity index (χ1v) is 25.4. The van der Waals surface area contributed by atoms with E-state index in [0.717, 1.165) is 11.8 Å². The van der Waals surface area contributed by atoms with Crippen LogP contribution in [0, 0.1) is 23.7 Å². The summed E-state index contributed by atoms with van der Waals surface area (Å²) in [6.45, 7) is 14.5. The Kier molecular flexibility index (Phi) is 28.2. The van der Waals surface area contributed by atoms with Crippen molar-refractivity contribution in [3.8, 4) is 0 Å². The highest BCUT2D eigenvalue weighted by atomic mass is 16.4. The average molecular weight is 1100 g/mol. The van der Waals surface area contributed by atoms with Gasteiger partial charge in [0.05, 0.1) is 25.3 Å². The van der Waals surface area contributed by atoms with Gasteiger partial charge < -0.3 is 79.3 Å². The molecule has 1 fully saturated rings. The molecule has 0 radical (unpaired) electrons. The van der Waals surface area contributed by atoms with Crippen LogP contribution in [-0.4, -0.2) is 175 Å². The van der Waals surface area contributed by atoms with Crippen LogP contribution >= 0.6 is 0 Å². The molecule has 0 aromatic heterocycles. The van der Waals surface area contributed by atoms with Crippen LogP contribution in [0.1, 0.15) is 127 Å². The minimum Gasteiger partial charge on any atom is -0.481 e. The molecular formula is C48H79N11O18. The maximum Gasteiger partial charge on any atom is 0.326 e. The predicted octanol–water partition coefficient (Wildman–Crippen LogP) is -3.23. The lowest BCUT2D eigenvalue weighted by Crippen LogP contribution is -2.62. The van der Waals surface area contributed by atoms with Crippen molar-refractivity contribution in [2.75, 3.05) is 6.54 Å². The molecule has 0 spiro atoms. The zero-order chi connectivity index (χ0) is 59.2. The Bertz CT molecular complexity index is 2170. The van der Waals surface area contributed by atoms with Gasteiger partial charge in [0.2, 0.25) is 59.1 Å². The van der Waals surface area contributed by atoms with Crippen LogP contribution in [0.4, 0.5) is 0 Å². The molecule has 0 unspecified atom stereocenters. The minimum atomic E-state index is -1.86. The Morgan fingerprint density at radius 3 is 1.43 bits per heavy atom. The smallest absolute Gasteiger partial charge is 0.326 e. The van der Waals surface area contributed by atoms with Gasteiger partial charge in [0.25, 0.3) is 0 Å². The van der Waals surface area contributed by atoms with E-state index >= 15 is 0 Å². The second kappa shape index (κ2) is 32.2. The van der Waals surface area contributed by atoms with Crippen LogP contribution in [0.2, 0.25) is 0 Å². The summed E-state index contributed by atoms with van der Waals surface area (Å²) in [5.74, 6) is -17.4. The number of carbonyl (C=O) groups excluding carboxylic acids is 10. The van der Waals surface area contributed by atoms with Crippen LogP contribution in [0.3, 0.4) is 0 Å². The fourth-order valence-corrected chi connectivity index (χ4v) is 8.00. The fourth-order valence-electron chi connectivity index (χ4n) is 8.00. The fraction of sp³-hybridized carbons (Fsp3) is 0.708. The molecular weight excluding hydrogens is 1020 g/mol. The molecule has 29 heteroatoms. The predicted molar refractivity (Wildman–Crippen MR) is 270 cm³/mol. The number of carboxylic acids is 4. The maximum absolute atomic E-state index is 14.1. The van der Waals surface area contributed by atoms with Gasteiger partial charge in [-0.25, -0.2) is 4.79 Å². The van der Waals surface area contributed by atoms with Crippen molar-refractivity contribution in [1.82, 2.24) is 47.4 Å². The first kappa shape index (κ1) is 67.6. The number of rotatable bonds is 34. The van der Waals surface area contributed by atoms with Gasteiger partial charge in [-0.2, -0.15) is 0 Å². The van der Waals surface area contributed by atoms with Crippen LogP contribution in [0.25, 0.3) is 0 Å². The number of aliphatic carboxylic acids is 4. The first-order chi connectivity index (χ1) is 35.7. The monoisotopic (exact) mass is 1100 g/mol. The Balaban J connectivity index is 3.42. The van der Waals surface area contributed by atoms with E-state index in [1.54, 1.807) is 55.4 Å². The molecule has 0 bridgehead atoms. The zero-order valence-corrected chi connectivity index (χ0v) is 45.0. The normalized spacial score (nSPS) is 17.1. The summed E-state index contributed by atoms with van der Waals surface area (Å²) in [5.41, 5.74) is 11.1. The number of carboxylic acid groups (broad SMARTS) is 4. The Morgan fingerprint density at radius 1 is 0.532 bits per heavy atom. The summed E-state index contributed by atoms with van der Waals surface area (Å²) < 4.78 is 0. The largest absolute Gasteiger partial charge is 0.481 e. The number of amides is 10. The van der Waals surface area contributed by atoms with Crippen LogP contribution < -0.4 is 54.0 Å². The Morgan fingerprint density at radius 2 is 0.974 bits per heavy atom. The molecule has 16 N–H and O–H groups in total. The van der Waals surface area contributed by atoms with E-state index in [1.165, 1.54) is 0 Å². The van der Waals surface area contributed by atoms with Crippen molar-refractivity contribution in [2.45, 2.75) is 187 Å². The summed E-state index contributed by atoms with van der Waals surface area (Å²) in [5, 5.41) is 56.6. The lowest BCUT2D eigenvalue weighted by molar-refractivity contribution is -0.147. The van der Waals surface area contributed by atoms with Gasteiger partial charge in [-0.3, -0.25) is 62.3 Å². The Hall–Kier alpha value is -7.46. The van der Waals surface area contributed by atoms with E-state index in [4.69, 9.17) is 21.7 Å². The number of hydrogen-bond acceptors (Lipinski definition) is 15. The van der Waals surface area contributed by atoms with Crippen LogP contribution in [0.15, 0.2) is 0 Å². The number of nitrogens with zero attached hydrogens (tertiary/aromatic N) is 1. The summed E-state index contributed by atoms with van der Waals surface area (Å²) in [6.07, 6.45) is -2.89. The first-order valence-electron chi connectivity index (χ1n) is 25.4. The Labute approximate surface area is 445 Å². The number of hydrogen-bond donors (Lipinski definition) is 14. The van der Waals surface area contributed by atoms with E-state index in [2.05, 4.69) is 37.2 Å². The SMILES string of the molecule is CC[C@H](C)[C@H](NC(=O)[C@@H](NC(=O)[C@@H]1CCCN1C(=O)[C@@H](N)CC(=O)O)C(C)C)C(=O)N[C@@H](CC(=O)O)C(=O)N[C@@H](CC(C)C)C(=O)N[C@@H](CC(C)C)C(=O)N[C@@H](CCC(N)=O)C(=O)N[C@@H](C)C(=O)N[C@@H](CC(=O)O)C(=O)O. The van der Waals surface area contributed by atoms with Gasteiger partial charge >= 0.3 is 23.9 Å². The highest BCUT2D eigenvalue weighted by Crippen LogP contribution is 2.20. The molecule has 1 heterocycles. The van der Waals surface area contributed by atoms with E-state index in [9.17, 15) is 77.3 Å². The number of nitrogens with two attached hydrogens (primary N) is 2. The molecule has 11 atom stereocenters. The molecule has 1 aliphatic rings. The number of likely N-dealkylation sites (tertiary alicyclic amines) is 1. The third kappa shape index (κ3) is 23.5. The molecule has 1 aliphatic heterocycles. The van der Waals surface area contributed by atoms with Gasteiger partial charge in [-0.15, -0.1) is 0 Å². The minimum absolute atomic E-state index is 0.0766. The lowest BCUT2D eigenvalue weighted by atomic mass is 9.95. The topological polar surface area (TPSA) is 471 Å². The van der Waals surface area contributed by atoms with Crippen molar-refractivity contribution in [2.24, 2.45) is 35.1 Å². The van der Waals surface area contributed by atoms with Gasteiger partial charge in [-0.05, 0) is 62.7 Å². The van der Waals surface area contributed by atoms with E-state index in [1.807, 2.05) is 5.32 Å². The average Bonchev–Trinajstić information content (AvgIpc) is 3.81. The molecule has 29 nitrogen and oxygen atoms in total. The van der Waals surface area contributed by atoms with Gasteiger partial charge in [0, 0.05) is 13.0 Å². The standard InChI is InChI=1S/C48H79N11O18/c1-10-24(8)38(58-45(73)37(23(6)7)57-44(72)32-12-11-15-59(32)47(75)26(49)18-34(61)62)46(74)55-30(19-35(63)64)43(71)54-29(17-22(4)5)42(70)53-28(16-21(2)3)41(69)52-27(13-14-33(50)60)40(68)51-25(9)39(67)56-31(48(76)77)20-36(65)66/h21-32,37-38H,10-20,49H2,1-9H3,(H2,50,60)(H,51,68)(H,52,69)(H,53,70)(H,54,71)(H,55,74)(H,56,67)(H,57,72)(H,58,73)(H,61,62)(H,63,64)(H,65,66)(H,76,77)/t24-,25-,26-,27-,28-,29-,30-,31-,32-,37-,38-/m0/s1. The molecule has 0 saturated carbocycles. The van der Waals surface area contributed by atoms with Gasteiger partial charge in [0.15, 0.2) is 0 Å². The quantitative estimate of drug-likeness (QED) is 0.0301. The number of nitrogens with one attached hydrogen (secondary N) is 8. The summed E-state index contributed by atoms with van der Waals surface area (Å²) >= 11 is 0. The van der Waals surface area contributed by atoms with Crippen molar-refractivity contribution < 1.29 is 87.5 Å². The summed E-state index contributed by atoms with van der Waals surface area (Å²) in [4.78, 5) is 182. The van der Waals surface area contributed by atoms with Gasteiger partial charge in [0.1, 0.15) is 54.4 Å². The highest BCUT2D eigenvalue weighted by Gasteiger charge is 2.41. The third-order valence-electron chi connectivity index (χ3n) is 12.3. The van der Waals surface area contributed by atoms with E-state index in [-0.39, 0.29) is 44.1 Å². The van der Waals surface area contributed by atoms with Crippen LogP contribution in [-0.2, 0) is 67.1 Å². The molecule has 0 aromatic rings. The molecule has 434 valence electrons. The molecule has 10 amide bonds.